The number of urea groups is 1. The van der Waals surface area contributed by atoms with E-state index in [9.17, 15) is 14.4 Å². The van der Waals surface area contributed by atoms with Gasteiger partial charge in [0.1, 0.15) is 11.9 Å². The van der Waals surface area contributed by atoms with E-state index in [2.05, 4.69) is 25.9 Å². The van der Waals surface area contributed by atoms with E-state index in [1.54, 1.807) is 6.20 Å². The molecule has 3 N–H and O–H groups in total. The van der Waals surface area contributed by atoms with E-state index < -0.39 is 18.0 Å². The van der Waals surface area contributed by atoms with Crippen LogP contribution >= 0.6 is 0 Å². The molecule has 8 nitrogen and oxygen atoms in total. The van der Waals surface area contributed by atoms with Crippen molar-refractivity contribution in [3.63, 3.8) is 0 Å². The van der Waals surface area contributed by atoms with Crippen LogP contribution in [0, 0.1) is 0 Å². The first-order valence-electron chi connectivity index (χ1n) is 7.87. The Kier molecular flexibility index (Phi) is 4.98. The number of nitrogens with one attached hydrogen (secondary N) is 3. The summed E-state index contributed by atoms with van der Waals surface area (Å²) in [6.07, 6.45) is 2.06. The van der Waals surface area contributed by atoms with Gasteiger partial charge in [-0.3, -0.25) is 14.9 Å². The molecule has 25 heavy (non-hydrogen) atoms. The number of amides is 4. The number of nitrogens with zero attached hydrogens (tertiary/aromatic N) is 2. The Labute approximate surface area is 144 Å². The van der Waals surface area contributed by atoms with Gasteiger partial charge in [-0.2, -0.15) is 0 Å². The van der Waals surface area contributed by atoms with Crippen LogP contribution in [-0.4, -0.2) is 40.4 Å². The van der Waals surface area contributed by atoms with Crippen LogP contribution in [0.2, 0.25) is 0 Å². The Balaban J connectivity index is 1.50. The molecular weight excluding hydrogens is 322 g/mol. The summed E-state index contributed by atoms with van der Waals surface area (Å²) >= 11 is 0. The summed E-state index contributed by atoms with van der Waals surface area (Å²) in [5.41, 5.74) is 1.82. The maximum absolute atomic E-state index is 11.8. The van der Waals surface area contributed by atoms with Crippen LogP contribution in [0.1, 0.15) is 12.2 Å². The molecule has 2 heterocycles. The van der Waals surface area contributed by atoms with Crippen molar-refractivity contribution in [2.24, 2.45) is 0 Å². The number of hydrogen-bond donors (Lipinski definition) is 3. The summed E-state index contributed by atoms with van der Waals surface area (Å²) in [6.45, 7) is 0.347. The molecule has 0 aliphatic carbocycles. The standard InChI is InChI=1S/C17H17N5O3/c23-15(10-13-16(24)22-17(25)21-13)19-9-7-14-18-8-6-12(20-14)11-4-2-1-3-5-11/h1-6,8,13H,7,9-10H2,(H,19,23)(H2,21,22,24,25)/t13-/m0/s1. The third-order valence-corrected chi connectivity index (χ3v) is 3.69. The third-order valence-electron chi connectivity index (χ3n) is 3.69. The molecule has 1 saturated heterocycles. The van der Waals surface area contributed by atoms with Crippen molar-refractivity contribution in [3.8, 4) is 11.3 Å². The average Bonchev–Trinajstić information content (AvgIpc) is 2.93. The summed E-state index contributed by atoms with van der Waals surface area (Å²) in [7, 11) is 0. The summed E-state index contributed by atoms with van der Waals surface area (Å²) in [5, 5.41) is 7.17. The zero-order chi connectivity index (χ0) is 17.6. The fourth-order valence-corrected chi connectivity index (χ4v) is 2.46. The average molecular weight is 339 g/mol. The lowest BCUT2D eigenvalue weighted by Crippen LogP contribution is -2.36. The van der Waals surface area contributed by atoms with Crippen molar-refractivity contribution in [2.75, 3.05) is 6.54 Å². The maximum atomic E-state index is 11.8. The smallest absolute Gasteiger partial charge is 0.322 e. The topological polar surface area (TPSA) is 113 Å². The van der Waals surface area contributed by atoms with Gasteiger partial charge < -0.3 is 10.6 Å². The molecule has 1 atom stereocenters. The number of carbonyl (C=O) groups is 3. The summed E-state index contributed by atoms with van der Waals surface area (Å²) < 4.78 is 0. The van der Waals surface area contributed by atoms with Crippen molar-refractivity contribution in [1.29, 1.82) is 0 Å². The second-order valence-electron chi connectivity index (χ2n) is 5.54. The SMILES string of the molecule is O=C(C[C@@H]1NC(=O)NC1=O)NCCc1nccc(-c2ccccc2)n1. The quantitative estimate of drug-likeness (QED) is 0.659. The van der Waals surface area contributed by atoms with Gasteiger partial charge in [0.05, 0.1) is 12.1 Å². The van der Waals surface area contributed by atoms with E-state index in [0.717, 1.165) is 11.3 Å². The van der Waals surface area contributed by atoms with E-state index in [0.29, 0.717) is 18.8 Å². The Morgan fingerprint density at radius 3 is 2.68 bits per heavy atom. The normalized spacial score (nSPS) is 16.2. The highest BCUT2D eigenvalue weighted by atomic mass is 16.2. The van der Waals surface area contributed by atoms with Crippen molar-refractivity contribution in [2.45, 2.75) is 18.9 Å². The highest BCUT2D eigenvalue weighted by molar-refractivity contribution is 6.05. The second-order valence-corrected chi connectivity index (χ2v) is 5.54. The van der Waals surface area contributed by atoms with Crippen LogP contribution in [0.3, 0.4) is 0 Å². The molecule has 8 heteroatoms. The molecule has 1 aromatic carbocycles. The molecule has 3 rings (SSSR count). The molecule has 0 spiro atoms. The van der Waals surface area contributed by atoms with Crippen molar-refractivity contribution in [1.82, 2.24) is 25.9 Å². The van der Waals surface area contributed by atoms with Crippen LogP contribution in [0.5, 0.6) is 0 Å². The van der Waals surface area contributed by atoms with Gasteiger partial charge in [-0.05, 0) is 6.07 Å². The van der Waals surface area contributed by atoms with Gasteiger partial charge in [-0.25, -0.2) is 14.8 Å². The van der Waals surface area contributed by atoms with Crippen LogP contribution in [0.15, 0.2) is 42.6 Å². The van der Waals surface area contributed by atoms with Gasteiger partial charge in [0, 0.05) is 24.7 Å². The summed E-state index contributed by atoms with van der Waals surface area (Å²) in [6, 6.07) is 10.2. The minimum atomic E-state index is -0.815. The number of hydrogen-bond acceptors (Lipinski definition) is 5. The molecule has 1 fully saturated rings. The highest BCUT2D eigenvalue weighted by Gasteiger charge is 2.31. The maximum Gasteiger partial charge on any atom is 0.322 e. The molecule has 1 aromatic heterocycles. The van der Waals surface area contributed by atoms with Crippen molar-refractivity contribution < 1.29 is 14.4 Å². The molecule has 0 saturated carbocycles. The molecule has 1 aliphatic rings. The Morgan fingerprint density at radius 1 is 1.16 bits per heavy atom. The lowest BCUT2D eigenvalue weighted by atomic mass is 10.1. The predicted octanol–water partition coefficient (Wildman–Crippen LogP) is 0.400. The zero-order valence-electron chi connectivity index (χ0n) is 13.4. The molecule has 2 aromatic rings. The van der Waals surface area contributed by atoms with Gasteiger partial charge in [-0.1, -0.05) is 30.3 Å². The molecule has 0 radical (unpaired) electrons. The Bertz CT molecular complexity index is 794. The van der Waals surface area contributed by atoms with E-state index in [4.69, 9.17) is 0 Å². The van der Waals surface area contributed by atoms with E-state index in [1.807, 2.05) is 36.4 Å². The van der Waals surface area contributed by atoms with Crippen molar-refractivity contribution in [3.05, 3.63) is 48.4 Å². The Hall–Kier alpha value is -3.29. The zero-order valence-corrected chi connectivity index (χ0v) is 13.4. The summed E-state index contributed by atoms with van der Waals surface area (Å²) in [4.78, 5) is 42.9. The lowest BCUT2D eigenvalue weighted by Gasteiger charge is -2.08. The number of imide groups is 1. The molecule has 4 amide bonds. The van der Waals surface area contributed by atoms with E-state index in [-0.39, 0.29) is 12.3 Å². The predicted molar refractivity (Wildman–Crippen MR) is 89.3 cm³/mol. The number of benzene rings is 1. The molecule has 1 aliphatic heterocycles. The Morgan fingerprint density at radius 2 is 1.96 bits per heavy atom. The largest absolute Gasteiger partial charge is 0.356 e. The van der Waals surface area contributed by atoms with Crippen LogP contribution in [0.25, 0.3) is 11.3 Å². The number of carbonyl (C=O) groups excluding carboxylic acids is 3. The lowest BCUT2D eigenvalue weighted by molar-refractivity contribution is -0.126. The first kappa shape index (κ1) is 16.6. The van der Waals surface area contributed by atoms with Crippen LogP contribution in [0.4, 0.5) is 4.79 Å². The highest BCUT2D eigenvalue weighted by Crippen LogP contribution is 2.15. The molecular formula is C17H17N5O3. The van der Waals surface area contributed by atoms with Gasteiger partial charge in [0.25, 0.3) is 5.91 Å². The first-order valence-corrected chi connectivity index (χ1v) is 7.87. The monoisotopic (exact) mass is 339 g/mol. The number of aromatic nitrogens is 2. The summed E-state index contributed by atoms with van der Waals surface area (Å²) in [5.74, 6) is -0.186. The molecule has 128 valence electrons. The van der Waals surface area contributed by atoms with Gasteiger partial charge >= 0.3 is 6.03 Å². The minimum Gasteiger partial charge on any atom is -0.356 e. The first-order chi connectivity index (χ1) is 12.1. The van der Waals surface area contributed by atoms with Crippen LogP contribution < -0.4 is 16.0 Å². The minimum absolute atomic E-state index is 0.0948. The van der Waals surface area contributed by atoms with E-state index in [1.165, 1.54) is 0 Å². The number of rotatable bonds is 6. The molecule has 0 bridgehead atoms. The van der Waals surface area contributed by atoms with Crippen LogP contribution in [-0.2, 0) is 16.0 Å². The second kappa shape index (κ2) is 7.52. The van der Waals surface area contributed by atoms with Gasteiger partial charge in [0.15, 0.2) is 0 Å². The van der Waals surface area contributed by atoms with Crippen molar-refractivity contribution >= 4 is 17.8 Å². The fourth-order valence-electron chi connectivity index (χ4n) is 2.46. The fraction of sp³-hybridized carbons (Fsp3) is 0.235. The van der Waals surface area contributed by atoms with E-state index >= 15 is 0 Å². The molecule has 0 unspecified atom stereocenters. The van der Waals surface area contributed by atoms with Gasteiger partial charge in [-0.15, -0.1) is 0 Å². The third kappa shape index (κ3) is 4.37. The van der Waals surface area contributed by atoms with Gasteiger partial charge in [0.2, 0.25) is 5.91 Å².